The quantitative estimate of drug-likeness (QED) is 0.516. The number of nitrogens with one attached hydrogen (secondary N) is 1. The summed E-state index contributed by atoms with van der Waals surface area (Å²) in [6, 6.07) is 5.71. The van der Waals surface area contributed by atoms with Crippen molar-refractivity contribution in [2.75, 3.05) is 5.33 Å². The monoisotopic (exact) mass is 314 g/mol. The van der Waals surface area contributed by atoms with Crippen LogP contribution in [-0.4, -0.2) is 22.2 Å². The van der Waals surface area contributed by atoms with Crippen LogP contribution >= 0.6 is 15.9 Å². The predicted molar refractivity (Wildman–Crippen MR) is 73.0 cm³/mol. The van der Waals surface area contributed by atoms with E-state index < -0.39 is 4.92 Å². The molecule has 2 unspecified atom stereocenters. The number of rotatable bonds is 5. The predicted octanol–water partition coefficient (Wildman–Crippen LogP) is 2.74. The van der Waals surface area contributed by atoms with E-state index in [-0.39, 0.29) is 23.6 Å². The minimum absolute atomic E-state index is 0.00358. The first-order chi connectivity index (χ1) is 8.45. The highest BCUT2D eigenvalue weighted by atomic mass is 79.9. The van der Waals surface area contributed by atoms with Gasteiger partial charge < -0.3 is 5.32 Å². The molecule has 0 saturated heterocycles. The van der Waals surface area contributed by atoms with Crippen molar-refractivity contribution in [1.29, 1.82) is 0 Å². The van der Waals surface area contributed by atoms with Gasteiger partial charge >= 0.3 is 0 Å². The highest BCUT2D eigenvalue weighted by Crippen LogP contribution is 2.14. The summed E-state index contributed by atoms with van der Waals surface area (Å²) in [5.74, 6) is -0.00773. The molecule has 6 heteroatoms. The SMILES string of the molecule is CC(CBr)C(C)NC(=O)c1cccc([N+](=O)[O-])c1. The van der Waals surface area contributed by atoms with Crippen LogP contribution < -0.4 is 5.32 Å². The maximum Gasteiger partial charge on any atom is 0.270 e. The average Bonchev–Trinajstić information content (AvgIpc) is 2.37. The molecule has 0 aliphatic heterocycles. The van der Waals surface area contributed by atoms with Gasteiger partial charge in [0.15, 0.2) is 0 Å². The van der Waals surface area contributed by atoms with Gasteiger partial charge in [-0.25, -0.2) is 0 Å². The lowest BCUT2D eigenvalue weighted by Crippen LogP contribution is -2.37. The molecule has 1 amide bonds. The maximum absolute atomic E-state index is 11.9. The topological polar surface area (TPSA) is 72.2 Å². The number of nitrogens with zero attached hydrogens (tertiary/aromatic N) is 1. The number of nitro groups is 1. The van der Waals surface area contributed by atoms with Gasteiger partial charge in [0, 0.05) is 29.1 Å². The number of carbonyl (C=O) groups excluding carboxylic acids is 1. The van der Waals surface area contributed by atoms with Crippen LogP contribution in [0.4, 0.5) is 5.69 Å². The van der Waals surface area contributed by atoms with Crippen molar-refractivity contribution in [3.8, 4) is 0 Å². The van der Waals surface area contributed by atoms with Gasteiger partial charge in [0.25, 0.3) is 11.6 Å². The van der Waals surface area contributed by atoms with Crippen LogP contribution in [0, 0.1) is 16.0 Å². The van der Waals surface area contributed by atoms with Crippen LogP contribution in [0.5, 0.6) is 0 Å². The average molecular weight is 315 g/mol. The number of hydrogen-bond donors (Lipinski definition) is 1. The van der Waals surface area contributed by atoms with E-state index in [1.807, 2.05) is 13.8 Å². The van der Waals surface area contributed by atoms with Crippen LogP contribution in [0.2, 0.25) is 0 Å². The van der Waals surface area contributed by atoms with Crippen molar-refractivity contribution in [2.45, 2.75) is 19.9 Å². The molecule has 0 heterocycles. The molecule has 0 aliphatic rings. The Hall–Kier alpha value is -1.43. The molecule has 0 radical (unpaired) electrons. The van der Waals surface area contributed by atoms with Gasteiger partial charge in [0.05, 0.1) is 4.92 Å². The van der Waals surface area contributed by atoms with Crippen molar-refractivity contribution < 1.29 is 9.72 Å². The minimum Gasteiger partial charge on any atom is -0.349 e. The van der Waals surface area contributed by atoms with Crippen LogP contribution in [0.25, 0.3) is 0 Å². The van der Waals surface area contributed by atoms with E-state index in [1.54, 1.807) is 6.07 Å². The van der Waals surface area contributed by atoms with Gasteiger partial charge in [-0.15, -0.1) is 0 Å². The molecule has 0 aliphatic carbocycles. The van der Waals surface area contributed by atoms with Crippen LogP contribution in [0.1, 0.15) is 24.2 Å². The van der Waals surface area contributed by atoms with Gasteiger partial charge in [-0.3, -0.25) is 14.9 Å². The van der Waals surface area contributed by atoms with E-state index in [0.717, 1.165) is 5.33 Å². The first-order valence-electron chi connectivity index (χ1n) is 5.57. The molecule has 0 fully saturated rings. The minimum atomic E-state index is -0.513. The fourth-order valence-electron chi connectivity index (χ4n) is 1.33. The Kier molecular flexibility index (Phi) is 5.27. The Morgan fingerprint density at radius 3 is 2.72 bits per heavy atom. The molecule has 1 aromatic rings. The number of benzene rings is 1. The first kappa shape index (κ1) is 14.6. The fourth-order valence-corrected chi connectivity index (χ4v) is 1.89. The van der Waals surface area contributed by atoms with Crippen LogP contribution in [0.15, 0.2) is 24.3 Å². The molecule has 1 rings (SSSR count). The third kappa shape index (κ3) is 3.80. The van der Waals surface area contributed by atoms with Crippen LogP contribution in [0.3, 0.4) is 0 Å². The molecule has 18 heavy (non-hydrogen) atoms. The zero-order chi connectivity index (χ0) is 13.7. The lowest BCUT2D eigenvalue weighted by atomic mass is 10.1. The van der Waals surface area contributed by atoms with Crippen molar-refractivity contribution in [3.05, 3.63) is 39.9 Å². The Morgan fingerprint density at radius 1 is 1.50 bits per heavy atom. The maximum atomic E-state index is 11.9. The smallest absolute Gasteiger partial charge is 0.270 e. The second-order valence-electron chi connectivity index (χ2n) is 4.20. The van der Waals surface area contributed by atoms with E-state index >= 15 is 0 Å². The number of nitro benzene ring substituents is 1. The number of hydrogen-bond acceptors (Lipinski definition) is 3. The van der Waals surface area contributed by atoms with E-state index in [4.69, 9.17) is 0 Å². The Balaban J connectivity index is 2.78. The molecule has 0 aromatic heterocycles. The standard InChI is InChI=1S/C12H15BrN2O3/c1-8(7-13)9(2)14-12(16)10-4-3-5-11(6-10)15(17)18/h3-6,8-9H,7H2,1-2H3,(H,14,16). The Morgan fingerprint density at radius 2 is 2.17 bits per heavy atom. The molecule has 0 spiro atoms. The summed E-state index contributed by atoms with van der Waals surface area (Å²) in [5.41, 5.74) is 0.224. The van der Waals surface area contributed by atoms with Crippen LogP contribution in [-0.2, 0) is 0 Å². The number of amides is 1. The second kappa shape index (κ2) is 6.49. The summed E-state index contributed by atoms with van der Waals surface area (Å²) in [4.78, 5) is 22.0. The Labute approximate surface area is 114 Å². The second-order valence-corrected chi connectivity index (χ2v) is 4.85. The zero-order valence-corrected chi connectivity index (χ0v) is 11.8. The summed E-state index contributed by atoms with van der Waals surface area (Å²) in [6.07, 6.45) is 0. The lowest BCUT2D eigenvalue weighted by Gasteiger charge is -2.19. The summed E-state index contributed by atoms with van der Waals surface area (Å²) in [6.45, 7) is 3.91. The number of alkyl halides is 1. The molecule has 0 saturated carbocycles. The van der Waals surface area contributed by atoms with Gasteiger partial charge in [0.1, 0.15) is 0 Å². The molecule has 5 nitrogen and oxygen atoms in total. The molecule has 0 bridgehead atoms. The molecular weight excluding hydrogens is 300 g/mol. The number of halogens is 1. The van der Waals surface area contributed by atoms with Gasteiger partial charge in [-0.05, 0) is 18.9 Å². The lowest BCUT2D eigenvalue weighted by molar-refractivity contribution is -0.384. The fraction of sp³-hybridized carbons (Fsp3) is 0.417. The van der Waals surface area contributed by atoms with Crippen molar-refractivity contribution in [3.63, 3.8) is 0 Å². The molecule has 1 N–H and O–H groups in total. The molecule has 1 aromatic carbocycles. The number of carbonyl (C=O) groups is 1. The highest BCUT2D eigenvalue weighted by Gasteiger charge is 2.16. The highest BCUT2D eigenvalue weighted by molar-refractivity contribution is 9.09. The van der Waals surface area contributed by atoms with Crippen molar-refractivity contribution in [1.82, 2.24) is 5.32 Å². The first-order valence-corrected chi connectivity index (χ1v) is 6.69. The zero-order valence-electron chi connectivity index (χ0n) is 10.2. The Bertz CT molecular complexity index is 451. The van der Waals surface area contributed by atoms with Crippen molar-refractivity contribution >= 4 is 27.5 Å². The van der Waals surface area contributed by atoms with Crippen molar-refractivity contribution in [2.24, 2.45) is 5.92 Å². The molecule has 98 valence electrons. The molecular formula is C12H15BrN2O3. The molecule has 2 atom stereocenters. The van der Waals surface area contributed by atoms with E-state index in [0.29, 0.717) is 5.56 Å². The largest absolute Gasteiger partial charge is 0.349 e. The van der Waals surface area contributed by atoms with Gasteiger partial charge in [-0.2, -0.15) is 0 Å². The van der Waals surface area contributed by atoms with Gasteiger partial charge in [-0.1, -0.05) is 28.9 Å². The summed E-state index contributed by atoms with van der Waals surface area (Å²) in [5, 5.41) is 14.2. The van der Waals surface area contributed by atoms with Gasteiger partial charge in [0.2, 0.25) is 0 Å². The normalized spacial score (nSPS) is 13.7. The van der Waals surface area contributed by atoms with E-state index in [1.165, 1.54) is 18.2 Å². The third-order valence-corrected chi connectivity index (χ3v) is 3.80. The number of non-ortho nitro benzene ring substituents is 1. The third-order valence-electron chi connectivity index (χ3n) is 2.77. The van der Waals surface area contributed by atoms with E-state index in [9.17, 15) is 14.9 Å². The summed E-state index contributed by atoms with van der Waals surface area (Å²) >= 11 is 3.35. The van der Waals surface area contributed by atoms with E-state index in [2.05, 4.69) is 21.2 Å². The summed E-state index contributed by atoms with van der Waals surface area (Å²) in [7, 11) is 0. The summed E-state index contributed by atoms with van der Waals surface area (Å²) < 4.78 is 0.